The average Bonchev–Trinajstić information content (AvgIpc) is 1.84. The van der Waals surface area contributed by atoms with Crippen molar-refractivity contribution in [1.29, 1.82) is 0 Å². The van der Waals surface area contributed by atoms with Crippen LogP contribution in [0.2, 0.25) is 0 Å². The molecule has 0 aromatic rings. The van der Waals surface area contributed by atoms with Gasteiger partial charge in [-0.05, 0) is 27.7 Å². The van der Waals surface area contributed by atoms with Crippen molar-refractivity contribution in [2.75, 3.05) is 13.1 Å². The molecule has 1 unspecified atom stereocenters. The lowest BCUT2D eigenvalue weighted by Crippen LogP contribution is -2.33. The summed E-state index contributed by atoms with van der Waals surface area (Å²) in [6.07, 6.45) is 5.30. The van der Waals surface area contributed by atoms with Crippen molar-refractivity contribution in [2.45, 2.75) is 39.4 Å². The van der Waals surface area contributed by atoms with Crippen molar-refractivity contribution in [3.63, 3.8) is 0 Å². The van der Waals surface area contributed by atoms with Crippen LogP contribution in [0.5, 0.6) is 0 Å². The van der Waals surface area contributed by atoms with Crippen molar-refractivity contribution in [3.8, 4) is 12.3 Å². The third-order valence-electron chi connectivity index (χ3n) is 1.21. The fourth-order valence-electron chi connectivity index (χ4n) is 0.993. The van der Waals surface area contributed by atoms with Gasteiger partial charge >= 0.3 is 0 Å². The van der Waals surface area contributed by atoms with Crippen LogP contribution in [0, 0.1) is 12.3 Å². The second-order valence-corrected chi connectivity index (χ2v) is 3.88. The molecular weight excluding hydrogens is 150 g/mol. The summed E-state index contributed by atoms with van der Waals surface area (Å²) in [4.78, 5) is 0. The topological polar surface area (TPSA) is 21.3 Å². The summed E-state index contributed by atoms with van der Waals surface area (Å²) in [5, 5.41) is 3.10. The molecule has 1 N–H and O–H groups in total. The van der Waals surface area contributed by atoms with Gasteiger partial charge in [-0.15, -0.1) is 6.42 Å². The van der Waals surface area contributed by atoms with Crippen LogP contribution < -0.4 is 5.32 Å². The van der Waals surface area contributed by atoms with Crippen LogP contribution in [0.25, 0.3) is 0 Å². The predicted octanol–water partition coefficient (Wildman–Crippen LogP) is 1.41. The highest BCUT2D eigenvalue weighted by molar-refractivity contribution is 4.86. The SMILES string of the molecule is C#CCNCC(C)OC(C)(C)C. The molecule has 1 atom stereocenters. The molecule has 0 heterocycles. The van der Waals surface area contributed by atoms with E-state index in [-0.39, 0.29) is 11.7 Å². The summed E-state index contributed by atoms with van der Waals surface area (Å²) in [5.74, 6) is 2.52. The van der Waals surface area contributed by atoms with Gasteiger partial charge < -0.3 is 10.1 Å². The summed E-state index contributed by atoms with van der Waals surface area (Å²) in [5.41, 5.74) is -0.0722. The largest absolute Gasteiger partial charge is 0.372 e. The van der Waals surface area contributed by atoms with Gasteiger partial charge in [-0.25, -0.2) is 0 Å². The molecule has 0 aromatic heterocycles. The van der Waals surface area contributed by atoms with E-state index in [0.29, 0.717) is 6.54 Å². The molecular formula is C10H19NO. The Hall–Kier alpha value is -0.520. The van der Waals surface area contributed by atoms with E-state index in [0.717, 1.165) is 6.54 Å². The van der Waals surface area contributed by atoms with Crippen molar-refractivity contribution in [1.82, 2.24) is 5.32 Å². The molecule has 0 fully saturated rings. The summed E-state index contributed by atoms with van der Waals surface area (Å²) in [6, 6.07) is 0. The maximum absolute atomic E-state index is 5.65. The van der Waals surface area contributed by atoms with E-state index in [1.807, 2.05) is 27.7 Å². The standard InChI is InChI=1S/C10H19NO/c1-6-7-11-8-9(2)12-10(3,4)5/h1,9,11H,7-8H2,2-5H3. The minimum absolute atomic E-state index is 0.0722. The van der Waals surface area contributed by atoms with Crippen LogP contribution in [-0.2, 0) is 4.74 Å². The summed E-state index contributed by atoms with van der Waals surface area (Å²) in [6.45, 7) is 9.59. The van der Waals surface area contributed by atoms with Gasteiger partial charge in [0.25, 0.3) is 0 Å². The van der Waals surface area contributed by atoms with Crippen LogP contribution in [0.1, 0.15) is 27.7 Å². The highest BCUT2D eigenvalue weighted by Gasteiger charge is 2.14. The molecule has 0 rings (SSSR count). The lowest BCUT2D eigenvalue weighted by molar-refractivity contribution is -0.0494. The van der Waals surface area contributed by atoms with Crippen molar-refractivity contribution >= 4 is 0 Å². The summed E-state index contributed by atoms with van der Waals surface area (Å²) in [7, 11) is 0. The van der Waals surface area contributed by atoms with Crippen LogP contribution in [0.15, 0.2) is 0 Å². The van der Waals surface area contributed by atoms with E-state index >= 15 is 0 Å². The average molecular weight is 169 g/mol. The second-order valence-electron chi connectivity index (χ2n) is 3.88. The van der Waals surface area contributed by atoms with Gasteiger partial charge in [0.15, 0.2) is 0 Å². The number of terminal acetylenes is 1. The fraction of sp³-hybridized carbons (Fsp3) is 0.800. The monoisotopic (exact) mass is 169 g/mol. The number of nitrogens with one attached hydrogen (secondary N) is 1. The minimum atomic E-state index is -0.0722. The molecule has 2 nitrogen and oxygen atoms in total. The summed E-state index contributed by atoms with van der Waals surface area (Å²) < 4.78 is 5.65. The number of hydrogen-bond acceptors (Lipinski definition) is 2. The van der Waals surface area contributed by atoms with Gasteiger partial charge in [0.05, 0.1) is 18.2 Å². The molecule has 0 bridgehead atoms. The minimum Gasteiger partial charge on any atom is -0.372 e. The zero-order valence-electron chi connectivity index (χ0n) is 8.48. The van der Waals surface area contributed by atoms with E-state index in [1.165, 1.54) is 0 Å². The maximum Gasteiger partial charge on any atom is 0.0678 e. The van der Waals surface area contributed by atoms with Crippen LogP contribution in [-0.4, -0.2) is 24.8 Å². The molecule has 0 aromatic carbocycles. The zero-order valence-corrected chi connectivity index (χ0v) is 8.48. The Bertz CT molecular complexity index is 152. The Balaban J connectivity index is 3.48. The lowest BCUT2D eigenvalue weighted by atomic mass is 10.2. The van der Waals surface area contributed by atoms with E-state index in [9.17, 15) is 0 Å². The Kier molecular flexibility index (Phi) is 4.96. The van der Waals surface area contributed by atoms with Gasteiger partial charge in [-0.1, -0.05) is 5.92 Å². The van der Waals surface area contributed by atoms with Gasteiger partial charge in [0.2, 0.25) is 0 Å². The van der Waals surface area contributed by atoms with E-state index in [4.69, 9.17) is 11.2 Å². The summed E-state index contributed by atoms with van der Waals surface area (Å²) >= 11 is 0. The Morgan fingerprint density at radius 1 is 1.50 bits per heavy atom. The maximum atomic E-state index is 5.65. The van der Waals surface area contributed by atoms with Crippen molar-refractivity contribution < 1.29 is 4.74 Å². The third kappa shape index (κ3) is 7.59. The predicted molar refractivity (Wildman–Crippen MR) is 52.0 cm³/mol. The quantitative estimate of drug-likeness (QED) is 0.507. The molecule has 0 saturated carbocycles. The fourth-order valence-corrected chi connectivity index (χ4v) is 0.993. The first-order valence-electron chi connectivity index (χ1n) is 4.27. The number of hydrogen-bond donors (Lipinski definition) is 1. The molecule has 0 aliphatic rings. The normalized spacial score (nSPS) is 13.9. The lowest BCUT2D eigenvalue weighted by Gasteiger charge is -2.25. The molecule has 70 valence electrons. The molecule has 0 radical (unpaired) electrons. The molecule has 0 spiro atoms. The molecule has 0 aliphatic carbocycles. The molecule has 0 aliphatic heterocycles. The van der Waals surface area contributed by atoms with Gasteiger partial charge in [0, 0.05) is 6.54 Å². The van der Waals surface area contributed by atoms with Gasteiger partial charge in [-0.2, -0.15) is 0 Å². The van der Waals surface area contributed by atoms with Crippen molar-refractivity contribution in [2.24, 2.45) is 0 Å². The number of rotatable bonds is 4. The first-order valence-corrected chi connectivity index (χ1v) is 4.27. The first-order chi connectivity index (χ1) is 5.45. The van der Waals surface area contributed by atoms with Crippen LogP contribution >= 0.6 is 0 Å². The first kappa shape index (κ1) is 11.5. The highest BCUT2D eigenvalue weighted by Crippen LogP contribution is 2.09. The Morgan fingerprint density at radius 2 is 2.08 bits per heavy atom. The Morgan fingerprint density at radius 3 is 2.50 bits per heavy atom. The van der Waals surface area contributed by atoms with Crippen LogP contribution in [0.3, 0.4) is 0 Å². The smallest absolute Gasteiger partial charge is 0.0678 e. The Labute approximate surface area is 75.7 Å². The second kappa shape index (κ2) is 5.18. The van der Waals surface area contributed by atoms with E-state index < -0.39 is 0 Å². The van der Waals surface area contributed by atoms with E-state index in [1.54, 1.807) is 0 Å². The molecule has 2 heteroatoms. The van der Waals surface area contributed by atoms with Crippen molar-refractivity contribution in [3.05, 3.63) is 0 Å². The zero-order chi connectivity index (χ0) is 9.61. The highest BCUT2D eigenvalue weighted by atomic mass is 16.5. The number of ether oxygens (including phenoxy) is 1. The van der Waals surface area contributed by atoms with Gasteiger partial charge in [0.1, 0.15) is 0 Å². The van der Waals surface area contributed by atoms with Gasteiger partial charge in [-0.3, -0.25) is 0 Å². The molecule has 0 amide bonds. The van der Waals surface area contributed by atoms with Crippen LogP contribution in [0.4, 0.5) is 0 Å². The third-order valence-corrected chi connectivity index (χ3v) is 1.21. The molecule has 0 saturated heterocycles. The van der Waals surface area contributed by atoms with E-state index in [2.05, 4.69) is 11.2 Å². The molecule has 12 heavy (non-hydrogen) atoms.